The molecule has 22 heavy (non-hydrogen) atoms. The van der Waals surface area contributed by atoms with Gasteiger partial charge >= 0.3 is 0 Å². The summed E-state index contributed by atoms with van der Waals surface area (Å²) in [6.45, 7) is 8.71. The van der Waals surface area contributed by atoms with Crippen molar-refractivity contribution in [1.29, 1.82) is 0 Å². The number of aryl methyl sites for hydroxylation is 1. The van der Waals surface area contributed by atoms with Crippen molar-refractivity contribution in [1.82, 2.24) is 15.3 Å². The molecular formula is C15H25ClN4O2. The number of nitrogens with one attached hydrogen (secondary N) is 1. The number of amides is 1. The van der Waals surface area contributed by atoms with Crippen molar-refractivity contribution < 1.29 is 9.53 Å². The smallest absolute Gasteiger partial charge is 0.241 e. The molecule has 1 fully saturated rings. The number of halogens is 1. The summed E-state index contributed by atoms with van der Waals surface area (Å²) in [7, 11) is 0. The maximum absolute atomic E-state index is 12.4. The quantitative estimate of drug-likeness (QED) is 0.851. The Morgan fingerprint density at radius 1 is 1.55 bits per heavy atom. The Morgan fingerprint density at radius 2 is 2.23 bits per heavy atom. The van der Waals surface area contributed by atoms with E-state index in [1.165, 1.54) is 0 Å². The van der Waals surface area contributed by atoms with Gasteiger partial charge in [0.05, 0.1) is 18.3 Å². The van der Waals surface area contributed by atoms with Gasteiger partial charge in [-0.15, -0.1) is 12.4 Å². The summed E-state index contributed by atoms with van der Waals surface area (Å²) in [5, 5.41) is 2.88. The van der Waals surface area contributed by atoms with Gasteiger partial charge in [-0.05, 0) is 19.9 Å². The average Bonchev–Trinajstić information content (AvgIpc) is 2.44. The predicted molar refractivity (Wildman–Crippen MR) is 86.6 cm³/mol. The maximum Gasteiger partial charge on any atom is 0.241 e. The Labute approximate surface area is 137 Å². The second-order valence-electron chi connectivity index (χ2n) is 6.12. The van der Waals surface area contributed by atoms with Gasteiger partial charge in [0, 0.05) is 24.6 Å². The predicted octanol–water partition coefficient (Wildman–Crippen LogP) is 1.36. The van der Waals surface area contributed by atoms with E-state index in [-0.39, 0.29) is 29.8 Å². The largest absolute Gasteiger partial charge is 0.378 e. The van der Waals surface area contributed by atoms with Gasteiger partial charge in [-0.1, -0.05) is 13.8 Å². The van der Waals surface area contributed by atoms with E-state index in [0.29, 0.717) is 25.4 Å². The van der Waals surface area contributed by atoms with Gasteiger partial charge in [0.2, 0.25) is 5.91 Å². The molecule has 2 unspecified atom stereocenters. The van der Waals surface area contributed by atoms with Gasteiger partial charge in [-0.3, -0.25) is 4.79 Å². The molecule has 0 saturated heterocycles. The van der Waals surface area contributed by atoms with Crippen molar-refractivity contribution in [2.75, 3.05) is 6.61 Å². The van der Waals surface area contributed by atoms with Crippen LogP contribution in [0.25, 0.3) is 0 Å². The second kappa shape index (κ2) is 6.89. The Kier molecular flexibility index (Phi) is 5.89. The summed E-state index contributed by atoms with van der Waals surface area (Å²) in [4.78, 5) is 20.7. The van der Waals surface area contributed by atoms with Crippen molar-refractivity contribution in [3.8, 4) is 0 Å². The average molecular weight is 329 g/mol. The first-order valence-corrected chi connectivity index (χ1v) is 7.28. The first-order chi connectivity index (χ1) is 9.81. The highest BCUT2D eigenvalue weighted by Gasteiger charge is 2.62. The molecule has 6 nitrogen and oxygen atoms in total. The number of carbonyl (C=O) groups is 1. The van der Waals surface area contributed by atoms with Gasteiger partial charge in [0.1, 0.15) is 11.4 Å². The van der Waals surface area contributed by atoms with Crippen LogP contribution in [0.4, 0.5) is 0 Å². The van der Waals surface area contributed by atoms with E-state index in [1.807, 2.05) is 27.7 Å². The van der Waals surface area contributed by atoms with Crippen LogP contribution in [0.15, 0.2) is 12.3 Å². The minimum atomic E-state index is -0.894. The third-order valence-corrected chi connectivity index (χ3v) is 4.50. The number of aromatic nitrogens is 2. The van der Waals surface area contributed by atoms with E-state index >= 15 is 0 Å². The fourth-order valence-corrected chi connectivity index (χ4v) is 2.75. The van der Waals surface area contributed by atoms with Crippen LogP contribution >= 0.6 is 12.4 Å². The molecule has 0 aliphatic heterocycles. The standard InChI is InChI=1S/C15H24N4O2.ClH/c1-5-21-12-8-15(16,14(12,3)4)13(20)18-9-11-6-7-17-10(2)19-11;/h6-7,12H,5,8-9,16H2,1-4H3,(H,18,20);1H. The van der Waals surface area contributed by atoms with E-state index in [0.717, 1.165) is 5.69 Å². The third-order valence-electron chi connectivity index (χ3n) is 4.50. The lowest BCUT2D eigenvalue weighted by molar-refractivity contribution is -0.170. The molecule has 1 aliphatic carbocycles. The lowest BCUT2D eigenvalue weighted by Gasteiger charge is -2.57. The minimum Gasteiger partial charge on any atom is -0.378 e. The van der Waals surface area contributed by atoms with Crippen LogP contribution < -0.4 is 11.1 Å². The Balaban J connectivity index is 0.00000242. The molecule has 1 saturated carbocycles. The van der Waals surface area contributed by atoms with Gasteiger partial charge in [-0.25, -0.2) is 9.97 Å². The highest BCUT2D eigenvalue weighted by molar-refractivity contribution is 5.88. The summed E-state index contributed by atoms with van der Waals surface area (Å²) in [6.07, 6.45) is 2.25. The lowest BCUT2D eigenvalue weighted by Crippen LogP contribution is -2.75. The molecule has 1 aliphatic rings. The van der Waals surface area contributed by atoms with Gasteiger partial charge in [-0.2, -0.15) is 0 Å². The molecular weight excluding hydrogens is 304 g/mol. The van der Waals surface area contributed by atoms with Crippen molar-refractivity contribution in [2.45, 2.75) is 52.3 Å². The molecule has 1 heterocycles. The van der Waals surface area contributed by atoms with Crippen molar-refractivity contribution >= 4 is 18.3 Å². The molecule has 0 aromatic carbocycles. The molecule has 1 aromatic rings. The van der Waals surface area contributed by atoms with Crippen molar-refractivity contribution in [2.24, 2.45) is 11.1 Å². The molecule has 7 heteroatoms. The van der Waals surface area contributed by atoms with Gasteiger partial charge < -0.3 is 15.8 Å². The van der Waals surface area contributed by atoms with E-state index in [4.69, 9.17) is 10.5 Å². The van der Waals surface area contributed by atoms with E-state index in [2.05, 4.69) is 15.3 Å². The van der Waals surface area contributed by atoms with Crippen molar-refractivity contribution in [3.05, 3.63) is 23.8 Å². The van der Waals surface area contributed by atoms with E-state index < -0.39 is 5.54 Å². The van der Waals surface area contributed by atoms with E-state index in [1.54, 1.807) is 12.3 Å². The zero-order valence-electron chi connectivity index (χ0n) is 13.5. The number of rotatable bonds is 5. The van der Waals surface area contributed by atoms with Crippen LogP contribution in [0.3, 0.4) is 0 Å². The second-order valence-corrected chi connectivity index (χ2v) is 6.12. The summed E-state index contributed by atoms with van der Waals surface area (Å²) < 4.78 is 5.64. The molecule has 0 spiro atoms. The number of nitrogens with zero attached hydrogens (tertiary/aromatic N) is 2. The Bertz CT molecular complexity index is 538. The summed E-state index contributed by atoms with van der Waals surface area (Å²) >= 11 is 0. The van der Waals surface area contributed by atoms with Crippen LogP contribution in [0.2, 0.25) is 0 Å². The lowest BCUT2D eigenvalue weighted by atomic mass is 9.54. The first kappa shape index (κ1) is 18.8. The topological polar surface area (TPSA) is 90.1 Å². The molecule has 2 atom stereocenters. The van der Waals surface area contributed by atoms with Crippen molar-refractivity contribution in [3.63, 3.8) is 0 Å². The number of hydrogen-bond acceptors (Lipinski definition) is 5. The fourth-order valence-electron chi connectivity index (χ4n) is 2.75. The summed E-state index contributed by atoms with van der Waals surface area (Å²) in [5.41, 5.74) is 5.82. The van der Waals surface area contributed by atoms with Crippen LogP contribution in [0.1, 0.15) is 38.7 Å². The molecule has 2 rings (SSSR count). The number of ether oxygens (including phenoxy) is 1. The molecule has 0 radical (unpaired) electrons. The normalized spacial score (nSPS) is 25.8. The molecule has 1 amide bonds. The van der Waals surface area contributed by atoms with Gasteiger partial charge in [0.25, 0.3) is 0 Å². The van der Waals surface area contributed by atoms with E-state index in [9.17, 15) is 4.79 Å². The summed E-state index contributed by atoms with van der Waals surface area (Å²) in [6, 6.07) is 1.78. The third kappa shape index (κ3) is 3.24. The van der Waals surface area contributed by atoms with Crippen LogP contribution in [-0.2, 0) is 16.1 Å². The Hall–Kier alpha value is -1.24. The number of carbonyl (C=O) groups excluding carboxylic acids is 1. The van der Waals surface area contributed by atoms with Crippen LogP contribution in [-0.4, -0.2) is 34.1 Å². The van der Waals surface area contributed by atoms with Gasteiger partial charge in [0.15, 0.2) is 0 Å². The maximum atomic E-state index is 12.4. The SMILES string of the molecule is CCOC1CC(N)(C(=O)NCc2ccnc(C)n2)C1(C)C.Cl. The highest BCUT2D eigenvalue weighted by atomic mass is 35.5. The highest BCUT2D eigenvalue weighted by Crippen LogP contribution is 2.49. The first-order valence-electron chi connectivity index (χ1n) is 7.28. The molecule has 1 aromatic heterocycles. The number of nitrogens with two attached hydrogens (primary N) is 1. The minimum absolute atomic E-state index is 0. The molecule has 3 N–H and O–H groups in total. The zero-order valence-corrected chi connectivity index (χ0v) is 14.4. The number of hydrogen-bond donors (Lipinski definition) is 2. The molecule has 124 valence electrons. The molecule has 0 bridgehead atoms. The monoisotopic (exact) mass is 328 g/mol. The van der Waals surface area contributed by atoms with Crippen LogP contribution in [0, 0.1) is 12.3 Å². The Morgan fingerprint density at radius 3 is 2.77 bits per heavy atom. The summed E-state index contributed by atoms with van der Waals surface area (Å²) in [5.74, 6) is 0.532. The van der Waals surface area contributed by atoms with Crippen LogP contribution in [0.5, 0.6) is 0 Å². The zero-order chi connectivity index (χ0) is 15.7. The fraction of sp³-hybridized carbons (Fsp3) is 0.667.